The van der Waals surface area contributed by atoms with Crippen LogP contribution in [0.4, 0.5) is 10.1 Å². The molecule has 160 valence electrons. The van der Waals surface area contributed by atoms with E-state index < -0.39 is 39.9 Å². The Bertz CT molecular complexity index is 1020. The number of carbonyl (C=O) groups excluding carboxylic acids is 2. The van der Waals surface area contributed by atoms with Gasteiger partial charge in [-0.3, -0.25) is 4.79 Å². The molecule has 1 aliphatic heterocycles. The number of morpholine rings is 1. The lowest BCUT2D eigenvalue weighted by molar-refractivity contribution is -0.121. The van der Waals surface area contributed by atoms with Gasteiger partial charge < -0.3 is 14.4 Å². The summed E-state index contributed by atoms with van der Waals surface area (Å²) in [6, 6.07) is 11.6. The Morgan fingerprint density at radius 1 is 1.13 bits per heavy atom. The van der Waals surface area contributed by atoms with Crippen molar-refractivity contribution in [1.82, 2.24) is 4.31 Å². The average Bonchev–Trinajstić information content (AvgIpc) is 2.78. The number of hydrogen-bond acceptors (Lipinski definition) is 6. The van der Waals surface area contributed by atoms with E-state index in [1.54, 1.807) is 30.3 Å². The summed E-state index contributed by atoms with van der Waals surface area (Å²) in [4.78, 5) is 25.6. The van der Waals surface area contributed by atoms with E-state index in [0.29, 0.717) is 5.69 Å². The average molecular weight is 436 g/mol. The van der Waals surface area contributed by atoms with Crippen LogP contribution in [0.5, 0.6) is 0 Å². The second kappa shape index (κ2) is 9.33. The summed E-state index contributed by atoms with van der Waals surface area (Å²) >= 11 is 0. The number of para-hydroxylation sites is 1. The molecule has 1 saturated heterocycles. The Balaban J connectivity index is 1.71. The van der Waals surface area contributed by atoms with E-state index in [4.69, 9.17) is 9.47 Å². The maximum Gasteiger partial charge on any atom is 0.341 e. The molecule has 0 radical (unpaired) electrons. The van der Waals surface area contributed by atoms with Gasteiger partial charge in [0.15, 0.2) is 6.61 Å². The second-order valence-corrected chi connectivity index (χ2v) is 8.46. The molecule has 0 bridgehead atoms. The maximum absolute atomic E-state index is 14.2. The number of ether oxygens (including phenoxy) is 2. The molecule has 10 heteroatoms. The van der Waals surface area contributed by atoms with Gasteiger partial charge >= 0.3 is 5.97 Å². The van der Waals surface area contributed by atoms with Gasteiger partial charge in [-0.15, -0.1) is 0 Å². The maximum atomic E-state index is 14.2. The van der Waals surface area contributed by atoms with Crippen LogP contribution in [0.25, 0.3) is 0 Å². The third-order valence-corrected chi connectivity index (χ3v) is 6.50. The van der Waals surface area contributed by atoms with Gasteiger partial charge in [0, 0.05) is 25.8 Å². The van der Waals surface area contributed by atoms with E-state index >= 15 is 0 Å². The Morgan fingerprint density at radius 3 is 2.47 bits per heavy atom. The van der Waals surface area contributed by atoms with Crippen molar-refractivity contribution in [3.05, 3.63) is 59.9 Å². The summed E-state index contributed by atoms with van der Waals surface area (Å²) in [6.07, 6.45) is 0. The monoisotopic (exact) mass is 436 g/mol. The molecule has 3 rings (SSSR count). The lowest BCUT2D eigenvalue weighted by Gasteiger charge is -2.26. The van der Waals surface area contributed by atoms with Crippen molar-refractivity contribution in [2.24, 2.45) is 0 Å². The number of sulfonamides is 1. The van der Waals surface area contributed by atoms with Gasteiger partial charge in [0.1, 0.15) is 5.82 Å². The van der Waals surface area contributed by atoms with Gasteiger partial charge in [-0.1, -0.05) is 18.2 Å². The fraction of sp³-hybridized carbons (Fsp3) is 0.300. The van der Waals surface area contributed by atoms with Gasteiger partial charge in [-0.05, 0) is 30.3 Å². The molecule has 1 aliphatic rings. The van der Waals surface area contributed by atoms with Crippen molar-refractivity contribution in [3.8, 4) is 0 Å². The molecule has 1 amide bonds. The zero-order valence-corrected chi connectivity index (χ0v) is 17.1. The SMILES string of the molecule is CN(C(=O)COC(=O)c1cc(S(=O)(=O)N2CCOCC2)ccc1F)c1ccccc1. The van der Waals surface area contributed by atoms with E-state index in [-0.39, 0.29) is 31.2 Å². The first-order valence-corrected chi connectivity index (χ1v) is 10.6. The number of benzene rings is 2. The predicted octanol–water partition coefficient (Wildman–Crippen LogP) is 1.67. The van der Waals surface area contributed by atoms with E-state index in [0.717, 1.165) is 18.2 Å². The van der Waals surface area contributed by atoms with Crippen molar-refractivity contribution >= 4 is 27.6 Å². The molecule has 2 aromatic carbocycles. The summed E-state index contributed by atoms with van der Waals surface area (Å²) < 4.78 is 50.9. The van der Waals surface area contributed by atoms with Crippen LogP contribution < -0.4 is 4.90 Å². The number of likely N-dealkylation sites (N-methyl/N-ethyl adjacent to an activating group) is 1. The molecule has 30 heavy (non-hydrogen) atoms. The highest BCUT2D eigenvalue weighted by atomic mass is 32.2. The first-order valence-electron chi connectivity index (χ1n) is 9.17. The lowest BCUT2D eigenvalue weighted by Crippen LogP contribution is -2.40. The van der Waals surface area contributed by atoms with E-state index in [1.807, 2.05) is 0 Å². The zero-order chi connectivity index (χ0) is 21.7. The number of rotatable bonds is 6. The second-order valence-electron chi connectivity index (χ2n) is 6.52. The lowest BCUT2D eigenvalue weighted by atomic mass is 10.2. The van der Waals surface area contributed by atoms with E-state index in [2.05, 4.69) is 0 Å². The number of anilines is 1. The van der Waals surface area contributed by atoms with Crippen LogP contribution in [0.1, 0.15) is 10.4 Å². The topological polar surface area (TPSA) is 93.2 Å². The minimum absolute atomic E-state index is 0.166. The standard InChI is InChI=1S/C20H21FN2O6S/c1-22(15-5-3-2-4-6-15)19(24)14-29-20(25)17-13-16(7-8-18(17)21)30(26,27)23-9-11-28-12-10-23/h2-8,13H,9-12,14H2,1H3. The van der Waals surface area contributed by atoms with Crippen LogP contribution >= 0.6 is 0 Å². The van der Waals surface area contributed by atoms with Crippen molar-refractivity contribution in [3.63, 3.8) is 0 Å². The van der Waals surface area contributed by atoms with Crippen molar-refractivity contribution in [2.75, 3.05) is 44.9 Å². The smallest absolute Gasteiger partial charge is 0.341 e. The molecule has 1 fully saturated rings. The molecule has 0 aliphatic carbocycles. The first kappa shape index (κ1) is 21.9. The summed E-state index contributed by atoms with van der Waals surface area (Å²) in [5.74, 6) is -2.59. The van der Waals surface area contributed by atoms with Crippen molar-refractivity contribution in [2.45, 2.75) is 4.90 Å². The Labute approximate surface area is 173 Å². The summed E-state index contributed by atoms with van der Waals surface area (Å²) in [7, 11) is -2.40. The molecule has 0 saturated carbocycles. The minimum Gasteiger partial charge on any atom is -0.452 e. The minimum atomic E-state index is -3.91. The van der Waals surface area contributed by atoms with Crippen LogP contribution in [0.2, 0.25) is 0 Å². The number of halogens is 1. The molecular formula is C20H21FN2O6S. The van der Waals surface area contributed by atoms with Gasteiger partial charge in [0.2, 0.25) is 10.0 Å². The van der Waals surface area contributed by atoms with Gasteiger partial charge in [-0.2, -0.15) is 4.31 Å². The van der Waals surface area contributed by atoms with Crippen molar-refractivity contribution in [1.29, 1.82) is 0 Å². The Kier molecular flexibility index (Phi) is 6.80. The Hall–Kier alpha value is -2.82. The quantitative estimate of drug-likeness (QED) is 0.640. The summed E-state index contributed by atoms with van der Waals surface area (Å²) in [6.45, 7) is 0.225. The van der Waals surface area contributed by atoms with Crippen LogP contribution in [-0.2, 0) is 24.3 Å². The van der Waals surface area contributed by atoms with Gasteiger partial charge in [0.25, 0.3) is 5.91 Å². The Morgan fingerprint density at radius 2 is 1.80 bits per heavy atom. The molecule has 0 aromatic heterocycles. The van der Waals surface area contributed by atoms with Crippen LogP contribution in [0.15, 0.2) is 53.4 Å². The van der Waals surface area contributed by atoms with E-state index in [9.17, 15) is 22.4 Å². The number of esters is 1. The van der Waals surface area contributed by atoms with Crippen LogP contribution in [-0.4, -0.2) is 64.6 Å². The summed E-state index contributed by atoms with van der Waals surface area (Å²) in [5.41, 5.74) is 0.0443. The normalized spacial score (nSPS) is 14.9. The number of hydrogen-bond donors (Lipinski definition) is 0. The third kappa shape index (κ3) is 4.84. The molecule has 0 spiro atoms. The highest BCUT2D eigenvalue weighted by Gasteiger charge is 2.28. The zero-order valence-electron chi connectivity index (χ0n) is 16.3. The summed E-state index contributed by atoms with van der Waals surface area (Å²) in [5, 5.41) is 0. The van der Waals surface area contributed by atoms with Crippen LogP contribution in [0.3, 0.4) is 0 Å². The van der Waals surface area contributed by atoms with Gasteiger partial charge in [-0.25, -0.2) is 17.6 Å². The highest BCUT2D eigenvalue weighted by Crippen LogP contribution is 2.21. The van der Waals surface area contributed by atoms with Crippen molar-refractivity contribution < 1.29 is 31.9 Å². The van der Waals surface area contributed by atoms with Crippen LogP contribution in [0, 0.1) is 5.82 Å². The number of amides is 1. The molecule has 0 N–H and O–H groups in total. The highest BCUT2D eigenvalue weighted by molar-refractivity contribution is 7.89. The predicted molar refractivity (Wildman–Crippen MR) is 106 cm³/mol. The fourth-order valence-electron chi connectivity index (χ4n) is 2.85. The molecule has 2 aromatic rings. The number of carbonyl (C=O) groups is 2. The molecule has 0 unspecified atom stereocenters. The molecule has 8 nitrogen and oxygen atoms in total. The van der Waals surface area contributed by atoms with E-state index in [1.165, 1.54) is 16.3 Å². The third-order valence-electron chi connectivity index (χ3n) is 4.61. The largest absolute Gasteiger partial charge is 0.452 e. The van der Waals surface area contributed by atoms with Gasteiger partial charge in [0.05, 0.1) is 23.7 Å². The molecule has 1 heterocycles. The molecular weight excluding hydrogens is 415 g/mol. The molecule has 0 atom stereocenters. The first-order chi connectivity index (χ1) is 14.3. The fourth-order valence-corrected chi connectivity index (χ4v) is 4.29. The number of nitrogens with zero attached hydrogens (tertiary/aromatic N) is 2.